The smallest absolute Gasteiger partial charge is 0.334 e. The molecule has 7 aliphatic rings. The van der Waals surface area contributed by atoms with Crippen LogP contribution in [0.4, 0.5) is 0 Å². The molecular weight excluding hydrogens is 332 g/mol. The van der Waals surface area contributed by atoms with Crippen LogP contribution < -0.4 is 0 Å². The quantitative estimate of drug-likeness (QED) is 0.573. The lowest BCUT2D eigenvalue weighted by molar-refractivity contribution is -0.136. The number of hydrogen-bond acceptors (Lipinski definition) is 5. The van der Waals surface area contributed by atoms with Gasteiger partial charge in [-0.2, -0.15) is 0 Å². The van der Waals surface area contributed by atoms with Crippen LogP contribution in [0.15, 0.2) is 11.1 Å². The van der Waals surface area contributed by atoms with Gasteiger partial charge in [-0.3, -0.25) is 0 Å². The number of ether oxygens (including phenoxy) is 3. The molecule has 0 aromatic carbocycles. The summed E-state index contributed by atoms with van der Waals surface area (Å²) in [5.41, 5.74) is 1.43. The van der Waals surface area contributed by atoms with Crippen molar-refractivity contribution in [3.63, 3.8) is 0 Å². The molecule has 0 bridgehead atoms. The maximum absolute atomic E-state index is 12.1. The first-order valence-electron chi connectivity index (χ1n) is 10.3. The predicted octanol–water partition coefficient (Wildman–Crippen LogP) is 1.97. The summed E-state index contributed by atoms with van der Waals surface area (Å²) in [5.74, 6) is 1.04. The average molecular weight is 358 g/mol. The van der Waals surface area contributed by atoms with Crippen LogP contribution in [-0.4, -0.2) is 47.2 Å². The van der Waals surface area contributed by atoms with Gasteiger partial charge in [0.15, 0.2) is 0 Å². The van der Waals surface area contributed by atoms with Gasteiger partial charge in [-0.05, 0) is 54.4 Å². The van der Waals surface area contributed by atoms with Gasteiger partial charge < -0.3 is 19.3 Å². The maximum Gasteiger partial charge on any atom is 0.334 e. The van der Waals surface area contributed by atoms with E-state index in [0.29, 0.717) is 24.4 Å². The highest BCUT2D eigenvalue weighted by molar-refractivity contribution is 5.92. The van der Waals surface area contributed by atoms with E-state index < -0.39 is 17.3 Å². The maximum atomic E-state index is 12.1. The molecule has 5 nitrogen and oxygen atoms in total. The summed E-state index contributed by atoms with van der Waals surface area (Å²) >= 11 is 0. The number of aliphatic hydroxyl groups excluding tert-OH is 1. The number of esters is 1. The van der Waals surface area contributed by atoms with Crippen LogP contribution in [0.2, 0.25) is 0 Å². The van der Waals surface area contributed by atoms with Gasteiger partial charge >= 0.3 is 5.97 Å². The van der Waals surface area contributed by atoms with E-state index in [1.54, 1.807) is 0 Å². The molecule has 26 heavy (non-hydrogen) atoms. The molecule has 2 spiro atoms. The van der Waals surface area contributed by atoms with Gasteiger partial charge in [0.1, 0.15) is 23.9 Å². The molecule has 7 rings (SSSR count). The Bertz CT molecular complexity index is 817. The summed E-state index contributed by atoms with van der Waals surface area (Å²) < 4.78 is 18.1. The Morgan fingerprint density at radius 1 is 1.27 bits per heavy atom. The molecule has 0 amide bonds. The molecule has 5 heteroatoms. The molecule has 3 aliphatic heterocycles. The summed E-state index contributed by atoms with van der Waals surface area (Å²) in [6, 6.07) is 0. The van der Waals surface area contributed by atoms with Crippen molar-refractivity contribution >= 4 is 5.97 Å². The van der Waals surface area contributed by atoms with Crippen LogP contribution in [0, 0.1) is 28.6 Å². The highest BCUT2D eigenvalue weighted by atomic mass is 16.7. The van der Waals surface area contributed by atoms with Crippen molar-refractivity contribution < 1.29 is 24.1 Å². The molecule has 140 valence electrons. The first-order chi connectivity index (χ1) is 12.3. The zero-order chi connectivity index (χ0) is 17.9. The van der Waals surface area contributed by atoms with E-state index >= 15 is 0 Å². The van der Waals surface area contributed by atoms with E-state index in [1.165, 1.54) is 5.57 Å². The standard InChI is InChI=1S/C21H26O5/c1-9(2)20-15(26-20)13-7-19(13)18(3)5-4-10-11(8-24-16(10)22)12(18)6-14-21(19,25-14)17(20)23/h9,12-15,17,23H,4-8H2,1-3H3/t12?,13-,14-,15-,17+,18-,19-,20-,21+/m0/s1. The summed E-state index contributed by atoms with van der Waals surface area (Å²) in [6.07, 6.45) is 3.57. The third kappa shape index (κ3) is 1.15. The van der Waals surface area contributed by atoms with Crippen LogP contribution in [0.1, 0.15) is 46.5 Å². The average Bonchev–Trinajstić information content (AvgIpc) is 3.47. The van der Waals surface area contributed by atoms with E-state index in [9.17, 15) is 9.90 Å². The Labute approximate surface area is 153 Å². The molecule has 9 atom stereocenters. The predicted molar refractivity (Wildman–Crippen MR) is 90.0 cm³/mol. The van der Waals surface area contributed by atoms with Gasteiger partial charge in [-0.25, -0.2) is 4.79 Å². The number of epoxide rings is 2. The minimum atomic E-state index is -0.529. The van der Waals surface area contributed by atoms with Crippen molar-refractivity contribution in [1.29, 1.82) is 0 Å². The molecule has 3 saturated carbocycles. The van der Waals surface area contributed by atoms with E-state index in [-0.39, 0.29) is 29.0 Å². The van der Waals surface area contributed by atoms with Crippen LogP contribution >= 0.6 is 0 Å². The summed E-state index contributed by atoms with van der Waals surface area (Å²) in [4.78, 5) is 12.1. The molecule has 0 aromatic heterocycles. The molecule has 1 unspecified atom stereocenters. The third-order valence-corrected chi connectivity index (χ3v) is 9.84. The van der Waals surface area contributed by atoms with Crippen molar-refractivity contribution in [1.82, 2.24) is 0 Å². The Balaban J connectivity index is 1.39. The fourth-order valence-electron chi connectivity index (χ4n) is 8.54. The summed E-state index contributed by atoms with van der Waals surface area (Å²) in [6.45, 7) is 7.20. The number of hydrogen-bond donors (Lipinski definition) is 1. The highest BCUT2D eigenvalue weighted by Gasteiger charge is 2.98. The van der Waals surface area contributed by atoms with E-state index in [1.807, 2.05) is 0 Å². The van der Waals surface area contributed by atoms with E-state index in [4.69, 9.17) is 14.2 Å². The third-order valence-electron chi connectivity index (χ3n) is 9.84. The number of fused-ring (bicyclic) bond motifs is 4. The molecule has 5 fully saturated rings. The van der Waals surface area contributed by atoms with Crippen molar-refractivity contribution in [3.05, 3.63) is 11.1 Å². The van der Waals surface area contributed by atoms with Gasteiger partial charge in [-0.15, -0.1) is 0 Å². The first-order valence-corrected chi connectivity index (χ1v) is 10.3. The van der Waals surface area contributed by atoms with Gasteiger partial charge in [0.05, 0.1) is 12.2 Å². The number of carbonyl (C=O) groups is 1. The molecule has 0 aromatic rings. The Morgan fingerprint density at radius 3 is 2.85 bits per heavy atom. The molecule has 2 saturated heterocycles. The number of aliphatic hydroxyl groups is 1. The minimum absolute atomic E-state index is 0.0106. The zero-order valence-electron chi connectivity index (χ0n) is 15.6. The van der Waals surface area contributed by atoms with Crippen LogP contribution in [-0.2, 0) is 19.0 Å². The van der Waals surface area contributed by atoms with E-state index in [0.717, 1.165) is 31.3 Å². The second-order valence-electron chi connectivity index (χ2n) is 10.4. The normalized spacial score (nSPS) is 63.1. The second kappa shape index (κ2) is 3.81. The van der Waals surface area contributed by atoms with Gasteiger partial charge in [0, 0.05) is 11.0 Å². The molecule has 3 heterocycles. The van der Waals surface area contributed by atoms with Crippen molar-refractivity contribution in [2.75, 3.05) is 6.61 Å². The molecular formula is C21H26O5. The Hall–Kier alpha value is -0.910. The minimum Gasteiger partial charge on any atom is -0.458 e. The lowest BCUT2D eigenvalue weighted by Crippen LogP contribution is -2.64. The largest absolute Gasteiger partial charge is 0.458 e. The number of carbonyl (C=O) groups excluding carboxylic acids is 1. The highest BCUT2D eigenvalue weighted by Crippen LogP contribution is 2.89. The lowest BCUT2D eigenvalue weighted by Gasteiger charge is -2.56. The van der Waals surface area contributed by atoms with Crippen LogP contribution in [0.5, 0.6) is 0 Å². The Kier molecular flexibility index (Phi) is 2.21. The van der Waals surface area contributed by atoms with Gasteiger partial charge in [0.25, 0.3) is 0 Å². The van der Waals surface area contributed by atoms with Gasteiger partial charge in [0.2, 0.25) is 0 Å². The lowest BCUT2D eigenvalue weighted by atomic mass is 9.45. The van der Waals surface area contributed by atoms with E-state index in [2.05, 4.69) is 20.8 Å². The van der Waals surface area contributed by atoms with Crippen LogP contribution in [0.25, 0.3) is 0 Å². The van der Waals surface area contributed by atoms with Gasteiger partial charge in [-0.1, -0.05) is 20.8 Å². The Morgan fingerprint density at radius 2 is 2.08 bits per heavy atom. The summed E-state index contributed by atoms with van der Waals surface area (Å²) in [7, 11) is 0. The van der Waals surface area contributed by atoms with Crippen molar-refractivity contribution in [3.8, 4) is 0 Å². The monoisotopic (exact) mass is 358 g/mol. The van der Waals surface area contributed by atoms with Crippen molar-refractivity contribution in [2.24, 2.45) is 28.6 Å². The first kappa shape index (κ1) is 15.1. The topological polar surface area (TPSA) is 71.6 Å². The van der Waals surface area contributed by atoms with Crippen molar-refractivity contribution in [2.45, 2.75) is 76.0 Å². The second-order valence-corrected chi connectivity index (χ2v) is 10.4. The molecule has 4 aliphatic carbocycles. The fourth-order valence-corrected chi connectivity index (χ4v) is 8.54. The molecule has 1 N–H and O–H groups in total. The SMILES string of the molecule is CC(C)[C@]12O[C@H]1[C@@H]1C[C@]13[C@]1(O[C@H]1CC1C4=C(CC[C@@]13C)C(=O)OC4)[C@@H]2O. The number of rotatable bonds is 1. The number of cyclic esters (lactones) is 1. The zero-order valence-corrected chi connectivity index (χ0v) is 15.6. The summed E-state index contributed by atoms with van der Waals surface area (Å²) in [5, 5.41) is 11.5. The molecule has 0 radical (unpaired) electrons. The van der Waals surface area contributed by atoms with Crippen LogP contribution in [0.3, 0.4) is 0 Å². The fraction of sp³-hybridized carbons (Fsp3) is 0.857.